The van der Waals surface area contributed by atoms with E-state index in [0.717, 1.165) is 30.8 Å². The number of rotatable bonds is 3. The van der Waals surface area contributed by atoms with Gasteiger partial charge >= 0.3 is 0 Å². The second kappa shape index (κ2) is 3.77. The molecule has 16 heavy (non-hydrogen) atoms. The minimum atomic E-state index is -0.254. The number of aromatic nitrogens is 1. The lowest BCUT2D eigenvalue weighted by molar-refractivity contribution is 0.0878. The first-order valence-corrected chi connectivity index (χ1v) is 5.63. The lowest BCUT2D eigenvalue weighted by atomic mass is 10.1. The number of imide groups is 1. The fourth-order valence-electron chi connectivity index (χ4n) is 2.32. The van der Waals surface area contributed by atoms with Crippen LogP contribution in [0.15, 0.2) is 0 Å². The van der Waals surface area contributed by atoms with Crippen molar-refractivity contribution in [3.63, 3.8) is 0 Å². The summed E-state index contributed by atoms with van der Waals surface area (Å²) in [6.45, 7) is 6.81. The average molecular weight is 220 g/mol. The molecule has 0 saturated carbocycles. The average Bonchev–Trinajstić information content (AvgIpc) is 2.65. The summed E-state index contributed by atoms with van der Waals surface area (Å²) in [7, 11) is 0. The third-order valence-electron chi connectivity index (χ3n) is 3.20. The van der Waals surface area contributed by atoms with Crippen LogP contribution in [-0.2, 0) is 6.54 Å². The molecule has 0 aliphatic carbocycles. The van der Waals surface area contributed by atoms with E-state index in [1.807, 2.05) is 13.8 Å². The molecule has 1 aliphatic heterocycles. The first-order chi connectivity index (χ1) is 7.57. The lowest BCUT2D eigenvalue weighted by Gasteiger charge is -2.09. The maximum Gasteiger partial charge on any atom is 0.260 e. The van der Waals surface area contributed by atoms with Crippen LogP contribution in [-0.4, -0.2) is 16.4 Å². The van der Waals surface area contributed by atoms with Crippen molar-refractivity contribution in [2.75, 3.05) is 0 Å². The Kier molecular flexibility index (Phi) is 2.58. The van der Waals surface area contributed by atoms with Crippen LogP contribution in [0.1, 0.15) is 51.9 Å². The van der Waals surface area contributed by atoms with E-state index < -0.39 is 0 Å². The molecular weight excluding hydrogens is 204 g/mol. The molecule has 4 heteroatoms. The number of carbonyl (C=O) groups is 2. The Labute approximate surface area is 94.6 Å². The van der Waals surface area contributed by atoms with Gasteiger partial charge in [-0.3, -0.25) is 14.9 Å². The molecule has 1 aromatic rings. The third kappa shape index (κ3) is 1.37. The van der Waals surface area contributed by atoms with Crippen LogP contribution in [0.25, 0.3) is 0 Å². The van der Waals surface area contributed by atoms with Crippen molar-refractivity contribution in [3.05, 3.63) is 22.5 Å². The van der Waals surface area contributed by atoms with Crippen LogP contribution in [0.3, 0.4) is 0 Å². The van der Waals surface area contributed by atoms with Crippen LogP contribution in [0.4, 0.5) is 0 Å². The fourth-order valence-corrected chi connectivity index (χ4v) is 2.32. The molecule has 0 atom stereocenters. The number of amides is 2. The van der Waals surface area contributed by atoms with Crippen molar-refractivity contribution >= 4 is 11.8 Å². The monoisotopic (exact) mass is 220 g/mol. The number of carbonyl (C=O) groups excluding carboxylic acids is 2. The van der Waals surface area contributed by atoms with Crippen molar-refractivity contribution in [3.8, 4) is 0 Å². The summed E-state index contributed by atoms with van der Waals surface area (Å²) in [6, 6.07) is 0. The molecule has 1 aliphatic rings. The van der Waals surface area contributed by atoms with E-state index in [0.29, 0.717) is 11.1 Å². The van der Waals surface area contributed by atoms with E-state index in [-0.39, 0.29) is 11.8 Å². The Balaban J connectivity index is 2.51. The van der Waals surface area contributed by atoms with Gasteiger partial charge in [0.25, 0.3) is 11.8 Å². The van der Waals surface area contributed by atoms with E-state index in [4.69, 9.17) is 0 Å². The van der Waals surface area contributed by atoms with Gasteiger partial charge in [-0.1, -0.05) is 13.3 Å². The molecule has 86 valence electrons. The van der Waals surface area contributed by atoms with Gasteiger partial charge in [-0.15, -0.1) is 0 Å². The minimum absolute atomic E-state index is 0.254. The molecule has 0 bridgehead atoms. The first-order valence-electron chi connectivity index (χ1n) is 5.63. The van der Waals surface area contributed by atoms with E-state index >= 15 is 0 Å². The summed E-state index contributed by atoms with van der Waals surface area (Å²) in [5.74, 6) is -0.508. The van der Waals surface area contributed by atoms with Gasteiger partial charge in [-0.05, 0) is 20.3 Å². The Bertz CT molecular complexity index is 434. The quantitative estimate of drug-likeness (QED) is 0.789. The minimum Gasteiger partial charge on any atom is -0.348 e. The second-order valence-electron chi connectivity index (χ2n) is 4.21. The molecule has 0 fully saturated rings. The molecule has 0 spiro atoms. The summed E-state index contributed by atoms with van der Waals surface area (Å²) in [5, 5.41) is 2.34. The predicted molar refractivity (Wildman–Crippen MR) is 60.6 cm³/mol. The highest BCUT2D eigenvalue weighted by atomic mass is 16.2. The predicted octanol–water partition coefficient (Wildman–Crippen LogP) is 1.79. The molecule has 2 heterocycles. The summed E-state index contributed by atoms with van der Waals surface area (Å²) >= 11 is 0. The Morgan fingerprint density at radius 3 is 2.00 bits per heavy atom. The van der Waals surface area contributed by atoms with Crippen molar-refractivity contribution in [2.45, 2.75) is 40.2 Å². The van der Waals surface area contributed by atoms with E-state index in [2.05, 4.69) is 16.8 Å². The molecule has 1 N–H and O–H groups in total. The highest BCUT2D eigenvalue weighted by molar-refractivity contribution is 6.22. The SMILES string of the molecule is CCCCn1c(C)c2c(c1C)C(=O)NC2=O. The summed E-state index contributed by atoms with van der Waals surface area (Å²) in [4.78, 5) is 23.2. The van der Waals surface area contributed by atoms with Gasteiger partial charge in [0.2, 0.25) is 0 Å². The Morgan fingerprint density at radius 2 is 1.56 bits per heavy atom. The summed E-state index contributed by atoms with van der Waals surface area (Å²) < 4.78 is 2.07. The zero-order valence-electron chi connectivity index (χ0n) is 9.89. The van der Waals surface area contributed by atoms with Crippen LogP contribution < -0.4 is 5.32 Å². The van der Waals surface area contributed by atoms with Gasteiger partial charge < -0.3 is 4.57 Å². The first kappa shape index (κ1) is 10.9. The van der Waals surface area contributed by atoms with Crippen LogP contribution in [0.2, 0.25) is 0 Å². The smallest absolute Gasteiger partial charge is 0.260 e. The number of unbranched alkanes of at least 4 members (excludes halogenated alkanes) is 1. The van der Waals surface area contributed by atoms with Gasteiger partial charge in [0.15, 0.2) is 0 Å². The third-order valence-corrected chi connectivity index (χ3v) is 3.20. The Hall–Kier alpha value is -1.58. The molecular formula is C12H16N2O2. The van der Waals surface area contributed by atoms with Gasteiger partial charge in [0, 0.05) is 17.9 Å². The van der Waals surface area contributed by atoms with Crippen LogP contribution in [0.5, 0.6) is 0 Å². The maximum atomic E-state index is 11.6. The molecule has 2 rings (SSSR count). The van der Waals surface area contributed by atoms with E-state index in [1.54, 1.807) is 0 Å². The van der Waals surface area contributed by atoms with Crippen molar-refractivity contribution in [2.24, 2.45) is 0 Å². The number of nitrogens with zero attached hydrogens (tertiary/aromatic N) is 1. The van der Waals surface area contributed by atoms with Gasteiger partial charge in [0.05, 0.1) is 11.1 Å². The largest absolute Gasteiger partial charge is 0.348 e. The van der Waals surface area contributed by atoms with Crippen molar-refractivity contribution < 1.29 is 9.59 Å². The molecule has 0 unspecified atom stereocenters. The Morgan fingerprint density at radius 1 is 1.06 bits per heavy atom. The zero-order valence-corrected chi connectivity index (χ0v) is 9.89. The maximum absolute atomic E-state index is 11.6. The molecule has 1 aromatic heterocycles. The van der Waals surface area contributed by atoms with Crippen LogP contribution in [0, 0.1) is 13.8 Å². The van der Waals surface area contributed by atoms with Gasteiger partial charge in [-0.2, -0.15) is 0 Å². The van der Waals surface area contributed by atoms with E-state index in [9.17, 15) is 9.59 Å². The lowest BCUT2D eigenvalue weighted by Crippen LogP contribution is -2.22. The standard InChI is InChI=1S/C12H16N2O2/c1-4-5-6-14-7(2)9-10(8(14)3)12(16)13-11(9)15/h4-6H2,1-3H3,(H,13,15,16). The second-order valence-corrected chi connectivity index (χ2v) is 4.21. The van der Waals surface area contributed by atoms with E-state index in [1.165, 1.54) is 0 Å². The number of fused-ring (bicyclic) bond motifs is 1. The molecule has 2 amide bonds. The van der Waals surface area contributed by atoms with Crippen LogP contribution >= 0.6 is 0 Å². The normalized spacial score (nSPS) is 14.2. The van der Waals surface area contributed by atoms with Gasteiger partial charge in [0.1, 0.15) is 0 Å². The topological polar surface area (TPSA) is 51.1 Å². The highest BCUT2D eigenvalue weighted by Gasteiger charge is 2.34. The van der Waals surface area contributed by atoms with Crippen molar-refractivity contribution in [1.29, 1.82) is 0 Å². The van der Waals surface area contributed by atoms with Gasteiger partial charge in [-0.25, -0.2) is 0 Å². The zero-order chi connectivity index (χ0) is 11.9. The van der Waals surface area contributed by atoms with Crippen molar-refractivity contribution in [1.82, 2.24) is 9.88 Å². The fraction of sp³-hybridized carbons (Fsp3) is 0.500. The molecule has 0 saturated heterocycles. The number of nitrogens with one attached hydrogen (secondary N) is 1. The molecule has 0 radical (unpaired) electrons. The molecule has 4 nitrogen and oxygen atoms in total. The number of hydrogen-bond acceptors (Lipinski definition) is 2. The highest BCUT2D eigenvalue weighted by Crippen LogP contribution is 2.26. The summed E-state index contributed by atoms with van der Waals surface area (Å²) in [6.07, 6.45) is 2.16. The number of hydrogen-bond donors (Lipinski definition) is 1. The summed E-state index contributed by atoms with van der Waals surface area (Å²) in [5.41, 5.74) is 2.95. The molecule has 0 aromatic carbocycles.